The SMILES string of the molecule is O=C(Nc1csc(-c2ccc(C(=O)O)c(F)c2)n1)N[C@H]1CCOc2c(Cl)cccc21. The lowest BCUT2D eigenvalue weighted by Crippen LogP contribution is -2.35. The van der Waals surface area contributed by atoms with Gasteiger partial charge in [0.1, 0.15) is 22.4 Å². The lowest BCUT2D eigenvalue weighted by Gasteiger charge is -2.27. The predicted octanol–water partition coefficient (Wildman–Crippen LogP) is 4.95. The number of benzene rings is 2. The minimum Gasteiger partial charge on any atom is -0.492 e. The maximum atomic E-state index is 13.9. The third-order valence-corrected chi connectivity index (χ3v) is 5.71. The number of nitrogens with zero attached hydrogens (tertiary/aromatic N) is 1. The van der Waals surface area contributed by atoms with Crippen molar-refractivity contribution in [1.29, 1.82) is 0 Å². The van der Waals surface area contributed by atoms with Gasteiger partial charge < -0.3 is 15.2 Å². The summed E-state index contributed by atoms with van der Waals surface area (Å²) in [6.07, 6.45) is 0.596. The molecule has 0 aliphatic carbocycles. The van der Waals surface area contributed by atoms with E-state index in [1.807, 2.05) is 6.07 Å². The second kappa shape index (κ2) is 8.29. The van der Waals surface area contributed by atoms with Crippen molar-refractivity contribution < 1.29 is 23.8 Å². The van der Waals surface area contributed by atoms with Gasteiger partial charge in [-0.1, -0.05) is 29.8 Å². The molecule has 3 aromatic rings. The number of halogens is 2. The summed E-state index contributed by atoms with van der Waals surface area (Å²) in [6, 6.07) is 8.42. The van der Waals surface area contributed by atoms with Crippen molar-refractivity contribution in [2.24, 2.45) is 0 Å². The summed E-state index contributed by atoms with van der Waals surface area (Å²) >= 11 is 7.35. The Bertz CT molecular complexity index is 1140. The Morgan fingerprint density at radius 1 is 1.30 bits per heavy atom. The number of carbonyl (C=O) groups excluding carboxylic acids is 1. The number of ether oxygens (including phenoxy) is 1. The number of hydrogen-bond acceptors (Lipinski definition) is 5. The van der Waals surface area contributed by atoms with E-state index in [4.69, 9.17) is 21.4 Å². The first-order valence-electron chi connectivity index (χ1n) is 8.90. The summed E-state index contributed by atoms with van der Waals surface area (Å²) in [7, 11) is 0. The van der Waals surface area contributed by atoms with Crippen molar-refractivity contribution in [3.8, 4) is 16.3 Å². The van der Waals surface area contributed by atoms with Crippen LogP contribution < -0.4 is 15.4 Å². The van der Waals surface area contributed by atoms with Crippen molar-refractivity contribution in [2.75, 3.05) is 11.9 Å². The fourth-order valence-electron chi connectivity index (χ4n) is 3.13. The highest BCUT2D eigenvalue weighted by atomic mass is 35.5. The fourth-order valence-corrected chi connectivity index (χ4v) is 4.12. The van der Waals surface area contributed by atoms with E-state index in [0.29, 0.717) is 40.2 Å². The van der Waals surface area contributed by atoms with Gasteiger partial charge in [-0.3, -0.25) is 5.32 Å². The highest BCUT2D eigenvalue weighted by molar-refractivity contribution is 7.13. The molecule has 4 rings (SSSR count). The van der Waals surface area contributed by atoms with Crippen LogP contribution in [0.1, 0.15) is 28.4 Å². The van der Waals surface area contributed by atoms with Crippen LogP contribution >= 0.6 is 22.9 Å². The average molecular weight is 448 g/mol. The fraction of sp³-hybridized carbons (Fsp3) is 0.150. The molecule has 0 saturated heterocycles. The van der Waals surface area contributed by atoms with Gasteiger partial charge in [0, 0.05) is 22.9 Å². The van der Waals surface area contributed by atoms with Gasteiger partial charge in [0.2, 0.25) is 0 Å². The molecular weight excluding hydrogens is 433 g/mol. The zero-order valence-electron chi connectivity index (χ0n) is 15.3. The van der Waals surface area contributed by atoms with E-state index in [1.165, 1.54) is 23.5 Å². The minimum absolute atomic E-state index is 0.261. The quantitative estimate of drug-likeness (QED) is 0.525. The molecule has 2 aromatic carbocycles. The third kappa shape index (κ3) is 4.07. The molecule has 154 valence electrons. The van der Waals surface area contributed by atoms with Gasteiger partial charge >= 0.3 is 12.0 Å². The van der Waals surface area contributed by atoms with Crippen LogP contribution in [0.15, 0.2) is 41.8 Å². The van der Waals surface area contributed by atoms with Crippen LogP contribution in [0.4, 0.5) is 15.0 Å². The Kier molecular flexibility index (Phi) is 5.56. The highest BCUT2D eigenvalue weighted by Gasteiger charge is 2.25. The molecule has 0 unspecified atom stereocenters. The maximum Gasteiger partial charge on any atom is 0.338 e. The number of thiazole rings is 1. The number of aromatic carboxylic acids is 1. The number of urea groups is 1. The Morgan fingerprint density at radius 2 is 2.13 bits per heavy atom. The molecule has 2 amide bonds. The van der Waals surface area contributed by atoms with Crippen LogP contribution in [-0.4, -0.2) is 28.7 Å². The zero-order valence-corrected chi connectivity index (χ0v) is 16.9. The lowest BCUT2D eigenvalue weighted by atomic mass is 10.0. The first kappa shape index (κ1) is 20.1. The standard InChI is InChI=1S/C20H15ClFN3O4S/c21-13-3-1-2-12-15(6-7-29-17(12)13)23-20(28)25-16-9-30-18(24-16)10-4-5-11(19(26)27)14(22)8-10/h1-5,8-9,15H,6-7H2,(H,26,27)(H2,23,25,28)/t15-/m0/s1. The molecule has 1 aromatic heterocycles. The number of carbonyl (C=O) groups is 2. The molecular formula is C20H15ClFN3O4S. The second-order valence-corrected chi connectivity index (χ2v) is 7.75. The normalized spacial score (nSPS) is 15.1. The Balaban J connectivity index is 1.45. The van der Waals surface area contributed by atoms with Crippen LogP contribution in [0.3, 0.4) is 0 Å². The van der Waals surface area contributed by atoms with Crippen LogP contribution in [0.2, 0.25) is 5.02 Å². The molecule has 10 heteroatoms. The molecule has 7 nitrogen and oxygen atoms in total. The number of carboxylic acid groups (broad SMARTS) is 1. The summed E-state index contributed by atoms with van der Waals surface area (Å²) in [4.78, 5) is 27.6. The Labute approximate surface area is 179 Å². The number of anilines is 1. The second-order valence-electron chi connectivity index (χ2n) is 6.48. The number of nitrogens with one attached hydrogen (secondary N) is 2. The maximum absolute atomic E-state index is 13.9. The molecule has 30 heavy (non-hydrogen) atoms. The third-order valence-electron chi connectivity index (χ3n) is 4.52. The summed E-state index contributed by atoms with van der Waals surface area (Å²) in [5.41, 5.74) is 0.811. The lowest BCUT2D eigenvalue weighted by molar-refractivity contribution is 0.0692. The highest BCUT2D eigenvalue weighted by Crippen LogP contribution is 2.37. The molecule has 0 bridgehead atoms. The van der Waals surface area contributed by atoms with Gasteiger partial charge in [-0.2, -0.15) is 0 Å². The van der Waals surface area contributed by atoms with E-state index in [2.05, 4.69) is 15.6 Å². The summed E-state index contributed by atoms with van der Waals surface area (Å²) in [5.74, 6) is -1.32. The molecule has 0 spiro atoms. The molecule has 1 aliphatic rings. The molecule has 2 heterocycles. The van der Waals surface area contributed by atoms with E-state index in [-0.39, 0.29) is 6.04 Å². The van der Waals surface area contributed by atoms with Crippen LogP contribution in [0.5, 0.6) is 5.75 Å². The number of rotatable bonds is 4. The van der Waals surface area contributed by atoms with Gasteiger partial charge in [0.05, 0.1) is 23.2 Å². The molecule has 0 saturated carbocycles. The predicted molar refractivity (Wildman–Crippen MR) is 111 cm³/mol. The summed E-state index contributed by atoms with van der Waals surface area (Å²) < 4.78 is 19.5. The van der Waals surface area contributed by atoms with E-state index >= 15 is 0 Å². The van der Waals surface area contributed by atoms with Crippen LogP contribution in [0, 0.1) is 5.82 Å². The summed E-state index contributed by atoms with van der Waals surface area (Å²) in [5, 5.41) is 17.0. The first-order valence-corrected chi connectivity index (χ1v) is 10.2. The number of hydrogen-bond donors (Lipinski definition) is 3. The van der Waals surface area contributed by atoms with E-state index in [1.54, 1.807) is 17.5 Å². The zero-order chi connectivity index (χ0) is 21.3. The Hall–Kier alpha value is -3.17. The topological polar surface area (TPSA) is 101 Å². The molecule has 0 radical (unpaired) electrons. The number of fused-ring (bicyclic) bond motifs is 1. The molecule has 0 fully saturated rings. The van der Waals surface area contributed by atoms with Gasteiger partial charge in [-0.05, 0) is 18.2 Å². The van der Waals surface area contributed by atoms with Crippen molar-refractivity contribution in [3.05, 3.63) is 63.7 Å². The monoisotopic (exact) mass is 447 g/mol. The Morgan fingerprint density at radius 3 is 2.90 bits per heavy atom. The molecule has 1 atom stereocenters. The minimum atomic E-state index is -1.34. The van der Waals surface area contributed by atoms with Crippen molar-refractivity contribution >= 4 is 40.8 Å². The van der Waals surface area contributed by atoms with Crippen molar-refractivity contribution in [2.45, 2.75) is 12.5 Å². The average Bonchev–Trinajstić information content (AvgIpc) is 3.17. The van der Waals surface area contributed by atoms with Crippen molar-refractivity contribution in [1.82, 2.24) is 10.3 Å². The van der Waals surface area contributed by atoms with Gasteiger partial charge in [0.25, 0.3) is 0 Å². The number of carboxylic acids is 1. The van der Waals surface area contributed by atoms with Gasteiger partial charge in [-0.25, -0.2) is 19.0 Å². The van der Waals surface area contributed by atoms with Crippen LogP contribution in [0.25, 0.3) is 10.6 Å². The van der Waals surface area contributed by atoms with E-state index in [9.17, 15) is 14.0 Å². The smallest absolute Gasteiger partial charge is 0.338 e. The van der Waals surface area contributed by atoms with E-state index < -0.39 is 23.4 Å². The summed E-state index contributed by atoms with van der Waals surface area (Å²) in [6.45, 7) is 0.431. The molecule has 3 N–H and O–H groups in total. The van der Waals surface area contributed by atoms with Crippen molar-refractivity contribution in [3.63, 3.8) is 0 Å². The largest absolute Gasteiger partial charge is 0.492 e. The first-order chi connectivity index (χ1) is 14.4. The van der Waals surface area contributed by atoms with E-state index in [0.717, 1.165) is 11.6 Å². The van der Waals surface area contributed by atoms with Gasteiger partial charge in [0.15, 0.2) is 0 Å². The van der Waals surface area contributed by atoms with Gasteiger partial charge in [-0.15, -0.1) is 11.3 Å². The number of para-hydroxylation sites is 1. The number of amides is 2. The number of aromatic nitrogens is 1. The molecule has 1 aliphatic heterocycles. The van der Waals surface area contributed by atoms with Crippen LogP contribution in [-0.2, 0) is 0 Å².